The summed E-state index contributed by atoms with van der Waals surface area (Å²) in [5.74, 6) is 0.0526. The molecule has 0 bridgehead atoms. The monoisotopic (exact) mass is 166 g/mol. The van der Waals surface area contributed by atoms with Crippen molar-refractivity contribution in [1.29, 1.82) is 0 Å². The lowest BCUT2D eigenvalue weighted by atomic mass is 10.2. The van der Waals surface area contributed by atoms with E-state index in [1.165, 1.54) is 0 Å². The van der Waals surface area contributed by atoms with Crippen molar-refractivity contribution in [2.75, 3.05) is 14.1 Å². The Morgan fingerprint density at radius 1 is 1.42 bits per heavy atom. The number of carbonyl (C=O) groups excluding carboxylic acids is 1. The van der Waals surface area contributed by atoms with Gasteiger partial charge in [-0.2, -0.15) is 0 Å². The molecule has 1 N–H and O–H groups in total. The number of hydrogen-bond donors (Lipinski definition) is 1. The van der Waals surface area contributed by atoms with Crippen LogP contribution in [0.5, 0.6) is 0 Å². The highest BCUT2D eigenvalue weighted by molar-refractivity contribution is 5.95. The molecule has 66 valence electrons. The lowest BCUT2D eigenvalue weighted by molar-refractivity contribution is 0.0827. The Hall–Kier alpha value is -1.25. The SMILES string of the molecule is Cc1cc(C(=O)N(C)C)c(C)[nH]1. The summed E-state index contributed by atoms with van der Waals surface area (Å²) in [7, 11) is 3.51. The van der Waals surface area contributed by atoms with E-state index in [4.69, 9.17) is 0 Å². The molecule has 0 atom stereocenters. The molecule has 12 heavy (non-hydrogen) atoms. The second-order valence-electron chi connectivity index (χ2n) is 3.19. The van der Waals surface area contributed by atoms with Crippen molar-refractivity contribution in [2.45, 2.75) is 13.8 Å². The smallest absolute Gasteiger partial charge is 0.255 e. The number of carbonyl (C=O) groups is 1. The maximum absolute atomic E-state index is 11.5. The van der Waals surface area contributed by atoms with Crippen molar-refractivity contribution < 1.29 is 4.79 Å². The molecule has 1 aromatic rings. The number of aromatic nitrogens is 1. The minimum Gasteiger partial charge on any atom is -0.362 e. The zero-order valence-corrected chi connectivity index (χ0v) is 7.93. The maximum Gasteiger partial charge on any atom is 0.255 e. The normalized spacial score (nSPS) is 10.0. The van der Waals surface area contributed by atoms with E-state index in [0.29, 0.717) is 0 Å². The van der Waals surface area contributed by atoms with Crippen molar-refractivity contribution >= 4 is 5.91 Å². The molecule has 0 spiro atoms. The number of hydrogen-bond acceptors (Lipinski definition) is 1. The van der Waals surface area contributed by atoms with Gasteiger partial charge in [-0.15, -0.1) is 0 Å². The molecule has 0 aliphatic carbocycles. The molecule has 0 aromatic carbocycles. The third kappa shape index (κ3) is 1.49. The average Bonchev–Trinajstić information content (AvgIpc) is 2.28. The Morgan fingerprint density at radius 3 is 2.33 bits per heavy atom. The first-order valence-electron chi connectivity index (χ1n) is 3.90. The number of aryl methyl sites for hydroxylation is 2. The molecule has 0 saturated heterocycles. The van der Waals surface area contributed by atoms with E-state index in [9.17, 15) is 4.79 Å². The van der Waals surface area contributed by atoms with Gasteiger partial charge in [0.1, 0.15) is 0 Å². The fourth-order valence-electron chi connectivity index (χ4n) is 1.19. The van der Waals surface area contributed by atoms with Crippen molar-refractivity contribution in [3.05, 3.63) is 23.0 Å². The number of nitrogens with zero attached hydrogens (tertiary/aromatic N) is 1. The summed E-state index contributed by atoms with van der Waals surface area (Å²) in [6.45, 7) is 3.85. The van der Waals surface area contributed by atoms with Crippen molar-refractivity contribution in [1.82, 2.24) is 9.88 Å². The second kappa shape index (κ2) is 3.01. The van der Waals surface area contributed by atoms with Gasteiger partial charge in [-0.3, -0.25) is 4.79 Å². The van der Waals surface area contributed by atoms with Gasteiger partial charge in [-0.05, 0) is 19.9 Å². The Labute approximate surface area is 72.4 Å². The number of amides is 1. The lowest BCUT2D eigenvalue weighted by Gasteiger charge is -2.08. The first-order chi connectivity index (χ1) is 5.52. The van der Waals surface area contributed by atoms with Crippen LogP contribution in [0.25, 0.3) is 0 Å². The van der Waals surface area contributed by atoms with E-state index < -0.39 is 0 Å². The number of nitrogens with one attached hydrogen (secondary N) is 1. The molecule has 0 unspecified atom stereocenters. The first kappa shape index (κ1) is 8.84. The van der Waals surface area contributed by atoms with Crippen LogP contribution in [0.3, 0.4) is 0 Å². The molecule has 1 rings (SSSR count). The minimum absolute atomic E-state index is 0.0526. The third-order valence-electron chi connectivity index (χ3n) is 1.79. The number of aromatic amines is 1. The molecule has 1 aromatic heterocycles. The summed E-state index contributed by atoms with van der Waals surface area (Å²) in [5, 5.41) is 0. The van der Waals surface area contributed by atoms with Crippen LogP contribution in [0, 0.1) is 13.8 Å². The van der Waals surface area contributed by atoms with Gasteiger partial charge in [-0.1, -0.05) is 0 Å². The molecule has 3 nitrogen and oxygen atoms in total. The van der Waals surface area contributed by atoms with Gasteiger partial charge in [0.15, 0.2) is 0 Å². The highest BCUT2D eigenvalue weighted by atomic mass is 16.2. The maximum atomic E-state index is 11.5. The Kier molecular flexibility index (Phi) is 2.22. The second-order valence-corrected chi connectivity index (χ2v) is 3.19. The van der Waals surface area contributed by atoms with Gasteiger partial charge < -0.3 is 9.88 Å². The topological polar surface area (TPSA) is 36.1 Å². The van der Waals surface area contributed by atoms with E-state index in [1.807, 2.05) is 19.9 Å². The molecule has 1 amide bonds. The molecule has 0 fully saturated rings. The zero-order chi connectivity index (χ0) is 9.30. The Bertz CT molecular complexity index is 299. The van der Waals surface area contributed by atoms with E-state index >= 15 is 0 Å². The summed E-state index contributed by atoms with van der Waals surface area (Å²) >= 11 is 0. The van der Waals surface area contributed by atoms with Crippen LogP contribution < -0.4 is 0 Å². The standard InChI is InChI=1S/C9H14N2O/c1-6-5-8(7(2)10-6)9(12)11(3)4/h5,10H,1-4H3. The largest absolute Gasteiger partial charge is 0.362 e. The third-order valence-corrected chi connectivity index (χ3v) is 1.79. The van der Waals surface area contributed by atoms with Crippen LogP contribution in [-0.2, 0) is 0 Å². The van der Waals surface area contributed by atoms with Crippen molar-refractivity contribution in [3.63, 3.8) is 0 Å². The molecule has 0 aliphatic rings. The lowest BCUT2D eigenvalue weighted by Crippen LogP contribution is -2.21. The number of rotatable bonds is 1. The predicted octanol–water partition coefficient (Wildman–Crippen LogP) is 1.33. The minimum atomic E-state index is 0.0526. The quantitative estimate of drug-likeness (QED) is 0.671. The molecule has 0 saturated carbocycles. The molecule has 0 radical (unpaired) electrons. The fourth-order valence-corrected chi connectivity index (χ4v) is 1.19. The van der Waals surface area contributed by atoms with E-state index in [0.717, 1.165) is 17.0 Å². The van der Waals surface area contributed by atoms with Crippen molar-refractivity contribution in [2.24, 2.45) is 0 Å². The summed E-state index contributed by atoms with van der Waals surface area (Å²) in [4.78, 5) is 16.2. The van der Waals surface area contributed by atoms with E-state index in [2.05, 4.69) is 4.98 Å². The van der Waals surface area contributed by atoms with E-state index in [-0.39, 0.29) is 5.91 Å². The highest BCUT2D eigenvalue weighted by Crippen LogP contribution is 2.10. The van der Waals surface area contributed by atoms with Gasteiger partial charge in [-0.25, -0.2) is 0 Å². The molecule has 1 heterocycles. The van der Waals surface area contributed by atoms with Gasteiger partial charge in [0.05, 0.1) is 5.56 Å². The van der Waals surface area contributed by atoms with Crippen LogP contribution in [0.4, 0.5) is 0 Å². The van der Waals surface area contributed by atoms with Crippen LogP contribution >= 0.6 is 0 Å². The van der Waals surface area contributed by atoms with Crippen molar-refractivity contribution in [3.8, 4) is 0 Å². The van der Waals surface area contributed by atoms with Crippen LogP contribution in [0.15, 0.2) is 6.07 Å². The molecule has 3 heteroatoms. The van der Waals surface area contributed by atoms with Gasteiger partial charge >= 0.3 is 0 Å². The molecule has 0 aliphatic heterocycles. The fraction of sp³-hybridized carbons (Fsp3) is 0.444. The summed E-state index contributed by atoms with van der Waals surface area (Å²) < 4.78 is 0. The summed E-state index contributed by atoms with van der Waals surface area (Å²) in [6.07, 6.45) is 0. The highest BCUT2D eigenvalue weighted by Gasteiger charge is 2.12. The molecular weight excluding hydrogens is 152 g/mol. The van der Waals surface area contributed by atoms with Gasteiger partial charge in [0.2, 0.25) is 0 Å². The summed E-state index contributed by atoms with van der Waals surface area (Å²) in [5.41, 5.74) is 2.72. The van der Waals surface area contributed by atoms with E-state index in [1.54, 1.807) is 19.0 Å². The van der Waals surface area contributed by atoms with Gasteiger partial charge in [0.25, 0.3) is 5.91 Å². The van der Waals surface area contributed by atoms with Crippen LogP contribution in [-0.4, -0.2) is 29.9 Å². The van der Waals surface area contributed by atoms with Crippen LogP contribution in [0.2, 0.25) is 0 Å². The van der Waals surface area contributed by atoms with Crippen LogP contribution in [0.1, 0.15) is 21.7 Å². The molecular formula is C9H14N2O. The summed E-state index contributed by atoms with van der Waals surface area (Å²) in [6, 6.07) is 1.87. The zero-order valence-electron chi connectivity index (χ0n) is 7.93. The van der Waals surface area contributed by atoms with Gasteiger partial charge in [0, 0.05) is 25.5 Å². The number of H-pyrrole nitrogens is 1. The predicted molar refractivity (Wildman–Crippen MR) is 48.3 cm³/mol. The first-order valence-corrected chi connectivity index (χ1v) is 3.90. The Morgan fingerprint density at radius 2 is 2.00 bits per heavy atom. The Balaban J connectivity index is 3.02. The average molecular weight is 166 g/mol.